The van der Waals surface area contributed by atoms with Crippen LogP contribution in [0.15, 0.2) is 12.1 Å². The van der Waals surface area contributed by atoms with Gasteiger partial charge in [0.2, 0.25) is 5.75 Å². The summed E-state index contributed by atoms with van der Waals surface area (Å²) >= 11 is 0. The standard InChI is InChI=1S/C13H19NO5/c1-17-6-4-5-14-13(16)9-7-10(18-2)12(15)11(8-9)19-3/h7-8,15H,4-6H2,1-3H3,(H,14,16). The third-order valence-corrected chi connectivity index (χ3v) is 2.55. The molecule has 106 valence electrons. The van der Waals surface area contributed by atoms with Crippen LogP contribution >= 0.6 is 0 Å². The maximum absolute atomic E-state index is 11.9. The first kappa shape index (κ1) is 15.1. The highest BCUT2D eigenvalue weighted by molar-refractivity contribution is 5.95. The molecule has 1 aromatic carbocycles. The smallest absolute Gasteiger partial charge is 0.251 e. The van der Waals surface area contributed by atoms with Gasteiger partial charge in [0.15, 0.2) is 11.5 Å². The first-order valence-corrected chi connectivity index (χ1v) is 5.86. The molecule has 0 bridgehead atoms. The second kappa shape index (κ2) is 7.48. The Hall–Kier alpha value is -1.95. The van der Waals surface area contributed by atoms with Crippen LogP contribution in [-0.2, 0) is 4.74 Å². The molecule has 19 heavy (non-hydrogen) atoms. The number of nitrogens with one attached hydrogen (secondary N) is 1. The van der Waals surface area contributed by atoms with E-state index in [9.17, 15) is 9.90 Å². The summed E-state index contributed by atoms with van der Waals surface area (Å²) in [6.45, 7) is 1.10. The molecule has 0 aliphatic rings. The molecule has 0 spiro atoms. The fourth-order valence-corrected chi connectivity index (χ4v) is 1.55. The number of aromatic hydroxyl groups is 1. The highest BCUT2D eigenvalue weighted by Crippen LogP contribution is 2.36. The van der Waals surface area contributed by atoms with Gasteiger partial charge in [-0.1, -0.05) is 0 Å². The number of rotatable bonds is 7. The van der Waals surface area contributed by atoms with Crippen LogP contribution in [0, 0.1) is 0 Å². The van der Waals surface area contributed by atoms with Crippen molar-refractivity contribution < 1.29 is 24.1 Å². The number of amides is 1. The zero-order chi connectivity index (χ0) is 14.3. The van der Waals surface area contributed by atoms with Crippen LogP contribution in [0.4, 0.5) is 0 Å². The van der Waals surface area contributed by atoms with Gasteiger partial charge >= 0.3 is 0 Å². The molecule has 6 heteroatoms. The van der Waals surface area contributed by atoms with E-state index in [0.29, 0.717) is 18.7 Å². The lowest BCUT2D eigenvalue weighted by molar-refractivity contribution is 0.0948. The van der Waals surface area contributed by atoms with Gasteiger partial charge in [-0.15, -0.1) is 0 Å². The average molecular weight is 269 g/mol. The Kier molecular flexibility index (Phi) is 5.95. The number of hydrogen-bond acceptors (Lipinski definition) is 5. The van der Waals surface area contributed by atoms with Gasteiger partial charge in [0.1, 0.15) is 0 Å². The van der Waals surface area contributed by atoms with Crippen LogP contribution in [0.3, 0.4) is 0 Å². The lowest BCUT2D eigenvalue weighted by Gasteiger charge is -2.11. The van der Waals surface area contributed by atoms with Crippen LogP contribution in [0.2, 0.25) is 0 Å². The lowest BCUT2D eigenvalue weighted by Crippen LogP contribution is -2.25. The van der Waals surface area contributed by atoms with Gasteiger partial charge in [0, 0.05) is 25.8 Å². The van der Waals surface area contributed by atoms with Crippen molar-refractivity contribution in [3.8, 4) is 17.2 Å². The van der Waals surface area contributed by atoms with Crippen LogP contribution in [0.1, 0.15) is 16.8 Å². The second-order valence-electron chi connectivity index (χ2n) is 3.83. The number of methoxy groups -OCH3 is 3. The third kappa shape index (κ3) is 4.03. The Labute approximate surface area is 112 Å². The van der Waals surface area contributed by atoms with Crippen molar-refractivity contribution in [2.75, 3.05) is 34.5 Å². The summed E-state index contributed by atoms with van der Waals surface area (Å²) in [7, 11) is 4.43. The van der Waals surface area contributed by atoms with Gasteiger partial charge in [0.25, 0.3) is 5.91 Å². The van der Waals surface area contributed by atoms with E-state index in [1.807, 2.05) is 0 Å². The molecule has 0 aliphatic heterocycles. The number of benzene rings is 1. The van der Waals surface area contributed by atoms with Crippen LogP contribution in [0.25, 0.3) is 0 Å². The van der Waals surface area contributed by atoms with Gasteiger partial charge in [-0.3, -0.25) is 4.79 Å². The molecule has 6 nitrogen and oxygen atoms in total. The Morgan fingerprint density at radius 3 is 2.26 bits per heavy atom. The number of ether oxygens (including phenoxy) is 3. The number of phenolic OH excluding ortho intramolecular Hbond substituents is 1. The zero-order valence-electron chi connectivity index (χ0n) is 11.4. The minimum Gasteiger partial charge on any atom is -0.502 e. The highest BCUT2D eigenvalue weighted by Gasteiger charge is 2.15. The van der Waals surface area contributed by atoms with E-state index in [0.717, 1.165) is 6.42 Å². The van der Waals surface area contributed by atoms with E-state index in [4.69, 9.17) is 14.2 Å². The van der Waals surface area contributed by atoms with Crippen molar-refractivity contribution in [2.45, 2.75) is 6.42 Å². The molecule has 0 saturated heterocycles. The molecule has 0 unspecified atom stereocenters. The Bertz CT molecular complexity index is 408. The maximum Gasteiger partial charge on any atom is 0.251 e. The Balaban J connectivity index is 2.79. The minimum atomic E-state index is -0.257. The van der Waals surface area contributed by atoms with Gasteiger partial charge in [0.05, 0.1) is 14.2 Å². The first-order valence-electron chi connectivity index (χ1n) is 5.86. The van der Waals surface area contributed by atoms with Crippen molar-refractivity contribution in [1.82, 2.24) is 5.32 Å². The number of carbonyl (C=O) groups excluding carboxylic acids is 1. The number of carbonyl (C=O) groups is 1. The Morgan fingerprint density at radius 2 is 1.79 bits per heavy atom. The first-order chi connectivity index (χ1) is 9.13. The van der Waals surface area contributed by atoms with Crippen LogP contribution < -0.4 is 14.8 Å². The van der Waals surface area contributed by atoms with Gasteiger partial charge in [-0.25, -0.2) is 0 Å². The summed E-state index contributed by atoms with van der Waals surface area (Å²) in [5, 5.41) is 12.5. The quantitative estimate of drug-likeness (QED) is 0.727. The normalized spacial score (nSPS) is 10.1. The summed E-state index contributed by atoms with van der Waals surface area (Å²) in [4.78, 5) is 11.9. The van der Waals surface area contributed by atoms with Crippen molar-refractivity contribution >= 4 is 5.91 Å². The molecule has 0 aromatic heterocycles. The van der Waals surface area contributed by atoms with E-state index in [1.165, 1.54) is 26.4 Å². The molecular weight excluding hydrogens is 250 g/mol. The fraction of sp³-hybridized carbons (Fsp3) is 0.462. The largest absolute Gasteiger partial charge is 0.502 e. The fourth-order valence-electron chi connectivity index (χ4n) is 1.55. The van der Waals surface area contributed by atoms with Crippen molar-refractivity contribution in [1.29, 1.82) is 0 Å². The van der Waals surface area contributed by atoms with Crippen molar-refractivity contribution in [2.24, 2.45) is 0 Å². The number of phenols is 1. The summed E-state index contributed by atoms with van der Waals surface area (Å²) in [5.74, 6) is 0.0106. The summed E-state index contributed by atoms with van der Waals surface area (Å²) in [5.41, 5.74) is 0.365. The van der Waals surface area contributed by atoms with E-state index < -0.39 is 0 Å². The van der Waals surface area contributed by atoms with E-state index in [1.54, 1.807) is 7.11 Å². The molecule has 1 aromatic rings. The molecule has 0 radical (unpaired) electrons. The molecule has 1 rings (SSSR count). The zero-order valence-corrected chi connectivity index (χ0v) is 11.4. The van der Waals surface area contributed by atoms with Gasteiger partial charge < -0.3 is 24.6 Å². The Morgan fingerprint density at radius 1 is 1.21 bits per heavy atom. The third-order valence-electron chi connectivity index (χ3n) is 2.55. The monoisotopic (exact) mass is 269 g/mol. The molecule has 1 amide bonds. The lowest BCUT2D eigenvalue weighted by atomic mass is 10.1. The second-order valence-corrected chi connectivity index (χ2v) is 3.83. The van der Waals surface area contributed by atoms with Gasteiger partial charge in [-0.2, -0.15) is 0 Å². The molecule has 0 atom stereocenters. The minimum absolute atomic E-state index is 0.124. The predicted octanol–water partition coefficient (Wildman–Crippen LogP) is 1.18. The molecule has 0 saturated carbocycles. The molecule has 0 fully saturated rings. The van der Waals surface area contributed by atoms with Crippen LogP contribution in [0.5, 0.6) is 17.2 Å². The summed E-state index contributed by atoms with van der Waals surface area (Å²) < 4.78 is 14.9. The summed E-state index contributed by atoms with van der Waals surface area (Å²) in [6, 6.07) is 2.92. The van der Waals surface area contributed by atoms with Crippen LogP contribution in [-0.4, -0.2) is 45.5 Å². The van der Waals surface area contributed by atoms with E-state index >= 15 is 0 Å². The summed E-state index contributed by atoms with van der Waals surface area (Å²) in [6.07, 6.45) is 0.731. The van der Waals surface area contributed by atoms with Crippen molar-refractivity contribution in [3.05, 3.63) is 17.7 Å². The van der Waals surface area contributed by atoms with Gasteiger partial charge in [-0.05, 0) is 18.6 Å². The molecular formula is C13H19NO5. The molecule has 0 heterocycles. The highest BCUT2D eigenvalue weighted by atomic mass is 16.5. The average Bonchev–Trinajstić information content (AvgIpc) is 2.43. The molecule has 2 N–H and O–H groups in total. The topological polar surface area (TPSA) is 77.0 Å². The maximum atomic E-state index is 11.9. The number of hydrogen-bond donors (Lipinski definition) is 2. The van der Waals surface area contributed by atoms with E-state index in [2.05, 4.69) is 5.32 Å². The molecule has 0 aliphatic carbocycles. The SMILES string of the molecule is COCCCNC(=O)c1cc(OC)c(O)c(OC)c1. The van der Waals surface area contributed by atoms with E-state index in [-0.39, 0.29) is 23.2 Å². The predicted molar refractivity (Wildman–Crippen MR) is 70.0 cm³/mol. The van der Waals surface area contributed by atoms with Crippen molar-refractivity contribution in [3.63, 3.8) is 0 Å².